The molecule has 0 bridgehead atoms. The van der Waals surface area contributed by atoms with Crippen molar-refractivity contribution in [3.63, 3.8) is 0 Å². The number of aromatic nitrogens is 2. The van der Waals surface area contributed by atoms with Crippen LogP contribution in [0, 0.1) is 0 Å². The molecule has 0 aliphatic carbocycles. The Hall–Kier alpha value is -1.23. The summed E-state index contributed by atoms with van der Waals surface area (Å²) in [6.45, 7) is 0. The van der Waals surface area contributed by atoms with E-state index in [0.29, 0.717) is 15.6 Å². The zero-order chi connectivity index (χ0) is 11.7. The molecule has 0 saturated carbocycles. The third-order valence-corrected chi connectivity index (χ3v) is 3.01. The van der Waals surface area contributed by atoms with E-state index in [1.54, 1.807) is 18.5 Å². The lowest BCUT2D eigenvalue weighted by Crippen LogP contribution is -2.11. The number of nitrogens with two attached hydrogens (primary N) is 1. The lowest BCUT2D eigenvalue weighted by molar-refractivity contribution is 0.465. The Balaban J connectivity index is 2.44. The number of H-pyrrole nitrogens is 1. The number of benzene rings is 1. The predicted molar refractivity (Wildman–Crippen MR) is 62.7 cm³/mol. The number of hydrogen-bond donors (Lipinski definition) is 3. The van der Waals surface area contributed by atoms with Crippen molar-refractivity contribution in [3.8, 4) is 5.75 Å². The van der Waals surface area contributed by atoms with Crippen molar-refractivity contribution in [3.05, 3.63) is 45.7 Å². The lowest BCUT2D eigenvalue weighted by atomic mass is 10.0. The number of halogens is 2. The minimum Gasteiger partial charge on any atom is -0.508 e. The molecule has 1 aromatic heterocycles. The monoisotopic (exact) mass is 257 g/mol. The molecule has 1 aromatic carbocycles. The van der Waals surface area contributed by atoms with E-state index in [4.69, 9.17) is 28.9 Å². The third kappa shape index (κ3) is 2.00. The van der Waals surface area contributed by atoms with Crippen LogP contribution in [0.2, 0.25) is 10.0 Å². The molecule has 2 aromatic rings. The second kappa shape index (κ2) is 4.33. The van der Waals surface area contributed by atoms with E-state index >= 15 is 0 Å². The highest BCUT2D eigenvalue weighted by atomic mass is 35.5. The Bertz CT molecular complexity index is 499. The highest BCUT2D eigenvalue weighted by molar-refractivity contribution is 6.42. The minimum absolute atomic E-state index is 0.0168. The van der Waals surface area contributed by atoms with Gasteiger partial charge < -0.3 is 10.8 Å². The number of phenols is 1. The van der Waals surface area contributed by atoms with Gasteiger partial charge >= 0.3 is 0 Å². The molecule has 2 rings (SSSR count). The van der Waals surface area contributed by atoms with Crippen LogP contribution in [0.5, 0.6) is 5.75 Å². The molecule has 0 radical (unpaired) electrons. The molecule has 0 amide bonds. The molecule has 4 nitrogen and oxygen atoms in total. The molecular weight excluding hydrogens is 249 g/mol. The maximum Gasteiger partial charge on any atom is 0.122 e. The van der Waals surface area contributed by atoms with E-state index in [0.717, 1.165) is 5.56 Å². The Kier molecular flexibility index (Phi) is 3.05. The van der Waals surface area contributed by atoms with Gasteiger partial charge in [0.1, 0.15) is 5.75 Å². The number of nitrogens with zero attached hydrogens (tertiary/aromatic N) is 1. The van der Waals surface area contributed by atoms with Gasteiger partial charge in [-0.25, -0.2) is 0 Å². The molecule has 1 heterocycles. The summed E-state index contributed by atoms with van der Waals surface area (Å²) in [4.78, 5) is 0. The van der Waals surface area contributed by atoms with E-state index in [-0.39, 0.29) is 5.75 Å². The van der Waals surface area contributed by atoms with Crippen LogP contribution in [0.4, 0.5) is 0 Å². The quantitative estimate of drug-likeness (QED) is 0.774. The van der Waals surface area contributed by atoms with Gasteiger partial charge in [-0.15, -0.1) is 0 Å². The molecular formula is C10H9Cl2N3O. The number of nitrogens with one attached hydrogen (secondary N) is 1. The Morgan fingerprint density at radius 1 is 1.31 bits per heavy atom. The molecule has 0 aliphatic heterocycles. The summed E-state index contributed by atoms with van der Waals surface area (Å²) < 4.78 is 0. The average molecular weight is 258 g/mol. The molecule has 0 saturated heterocycles. The fraction of sp³-hybridized carbons (Fsp3) is 0.100. The average Bonchev–Trinajstić information content (AvgIpc) is 2.75. The van der Waals surface area contributed by atoms with E-state index < -0.39 is 6.04 Å². The van der Waals surface area contributed by atoms with Crippen molar-refractivity contribution in [2.45, 2.75) is 6.04 Å². The second-order valence-electron chi connectivity index (χ2n) is 3.33. The van der Waals surface area contributed by atoms with Gasteiger partial charge in [-0.1, -0.05) is 23.2 Å². The van der Waals surface area contributed by atoms with Gasteiger partial charge in [0.25, 0.3) is 0 Å². The van der Waals surface area contributed by atoms with Gasteiger partial charge in [-0.3, -0.25) is 5.10 Å². The fourth-order valence-electron chi connectivity index (χ4n) is 1.41. The Labute approximate surface area is 102 Å². The predicted octanol–water partition coefficient (Wildman–Crippen LogP) is 2.47. The lowest BCUT2D eigenvalue weighted by Gasteiger charge is -2.12. The Morgan fingerprint density at radius 2 is 2.00 bits per heavy atom. The summed E-state index contributed by atoms with van der Waals surface area (Å²) in [7, 11) is 0. The summed E-state index contributed by atoms with van der Waals surface area (Å²) in [6, 6.07) is 2.43. The molecule has 84 valence electrons. The van der Waals surface area contributed by atoms with Crippen molar-refractivity contribution >= 4 is 23.2 Å². The Morgan fingerprint density at radius 3 is 2.62 bits per heavy atom. The summed E-state index contributed by atoms with van der Waals surface area (Å²) >= 11 is 11.6. The normalized spacial score (nSPS) is 12.7. The highest BCUT2D eigenvalue weighted by Crippen LogP contribution is 2.34. The topological polar surface area (TPSA) is 74.9 Å². The number of aromatic hydroxyl groups is 1. The summed E-state index contributed by atoms with van der Waals surface area (Å²) in [5, 5.41) is 16.8. The summed E-state index contributed by atoms with van der Waals surface area (Å²) in [5.41, 5.74) is 7.23. The first kappa shape index (κ1) is 11.3. The van der Waals surface area contributed by atoms with Gasteiger partial charge in [0.2, 0.25) is 0 Å². The third-order valence-electron chi connectivity index (χ3n) is 2.28. The molecule has 0 aliphatic rings. The SMILES string of the molecule is NC(c1cn[nH]c1)c1cc(Cl)c(Cl)cc1O. The van der Waals surface area contributed by atoms with Crippen LogP contribution in [-0.4, -0.2) is 15.3 Å². The van der Waals surface area contributed by atoms with Crippen molar-refractivity contribution in [1.82, 2.24) is 10.2 Å². The minimum atomic E-state index is -0.492. The largest absolute Gasteiger partial charge is 0.508 e. The van der Waals surface area contributed by atoms with Crippen LogP contribution in [0.3, 0.4) is 0 Å². The van der Waals surface area contributed by atoms with Crippen LogP contribution in [0.1, 0.15) is 17.2 Å². The van der Waals surface area contributed by atoms with E-state index in [1.165, 1.54) is 6.07 Å². The number of rotatable bonds is 2. The second-order valence-corrected chi connectivity index (χ2v) is 4.15. The maximum atomic E-state index is 9.73. The van der Waals surface area contributed by atoms with Gasteiger partial charge in [0.15, 0.2) is 0 Å². The van der Waals surface area contributed by atoms with Crippen molar-refractivity contribution in [2.75, 3.05) is 0 Å². The van der Waals surface area contributed by atoms with Gasteiger partial charge in [-0.05, 0) is 6.07 Å². The van der Waals surface area contributed by atoms with Crippen molar-refractivity contribution in [1.29, 1.82) is 0 Å². The number of aromatic amines is 1. The van der Waals surface area contributed by atoms with Crippen LogP contribution in [0.15, 0.2) is 24.5 Å². The fourth-order valence-corrected chi connectivity index (χ4v) is 1.74. The van der Waals surface area contributed by atoms with Crippen LogP contribution in [0.25, 0.3) is 0 Å². The van der Waals surface area contributed by atoms with Gasteiger partial charge in [0, 0.05) is 23.4 Å². The van der Waals surface area contributed by atoms with E-state index in [2.05, 4.69) is 10.2 Å². The molecule has 1 atom stereocenters. The highest BCUT2D eigenvalue weighted by Gasteiger charge is 2.16. The zero-order valence-corrected chi connectivity index (χ0v) is 9.63. The first-order valence-corrected chi connectivity index (χ1v) is 5.27. The van der Waals surface area contributed by atoms with Crippen LogP contribution < -0.4 is 5.73 Å². The van der Waals surface area contributed by atoms with Crippen LogP contribution in [-0.2, 0) is 0 Å². The van der Waals surface area contributed by atoms with Crippen molar-refractivity contribution in [2.24, 2.45) is 5.73 Å². The number of phenolic OH excluding ortho intramolecular Hbond substituents is 1. The molecule has 6 heteroatoms. The van der Waals surface area contributed by atoms with Gasteiger partial charge in [-0.2, -0.15) is 5.10 Å². The first-order valence-electron chi connectivity index (χ1n) is 4.51. The molecule has 4 N–H and O–H groups in total. The molecule has 1 unspecified atom stereocenters. The zero-order valence-electron chi connectivity index (χ0n) is 8.11. The molecule has 16 heavy (non-hydrogen) atoms. The van der Waals surface area contributed by atoms with E-state index in [1.807, 2.05) is 0 Å². The van der Waals surface area contributed by atoms with Gasteiger partial charge in [0.05, 0.1) is 22.3 Å². The van der Waals surface area contributed by atoms with Crippen LogP contribution >= 0.6 is 23.2 Å². The van der Waals surface area contributed by atoms with E-state index in [9.17, 15) is 5.11 Å². The number of hydrogen-bond acceptors (Lipinski definition) is 3. The standard InChI is InChI=1S/C10H9Cl2N3O/c11-7-1-6(9(16)2-8(7)12)10(13)5-3-14-15-4-5/h1-4,10,16H,13H2,(H,14,15). The summed E-state index contributed by atoms with van der Waals surface area (Å²) in [6.07, 6.45) is 3.25. The molecule has 0 fully saturated rings. The maximum absolute atomic E-state index is 9.73. The first-order chi connectivity index (χ1) is 7.59. The van der Waals surface area contributed by atoms with Crippen molar-refractivity contribution < 1.29 is 5.11 Å². The molecule has 0 spiro atoms. The summed E-state index contributed by atoms with van der Waals surface area (Å²) in [5.74, 6) is 0.0168. The smallest absolute Gasteiger partial charge is 0.122 e.